The van der Waals surface area contributed by atoms with Gasteiger partial charge in [-0.2, -0.15) is 0 Å². The van der Waals surface area contributed by atoms with Crippen molar-refractivity contribution in [3.8, 4) is 0 Å². The van der Waals surface area contributed by atoms with Crippen molar-refractivity contribution >= 4 is 0 Å². The molecule has 1 N–H and O–H groups in total. The van der Waals surface area contributed by atoms with E-state index in [2.05, 4.69) is 38.2 Å². The van der Waals surface area contributed by atoms with Crippen LogP contribution in [0, 0.1) is 11.3 Å². The molecule has 1 saturated heterocycles. The summed E-state index contributed by atoms with van der Waals surface area (Å²) in [5.41, 5.74) is 0.541. The number of nitrogens with zero attached hydrogens (tertiary/aromatic N) is 1. The lowest BCUT2D eigenvalue weighted by molar-refractivity contribution is 0.155. The summed E-state index contributed by atoms with van der Waals surface area (Å²) >= 11 is 0. The molecule has 0 aromatic rings. The van der Waals surface area contributed by atoms with Crippen LogP contribution in [0.25, 0.3) is 0 Å². The standard InChI is InChI=1S/C12H26N2/c1-11(2)12(10-13-3)6-5-8-14(4)9-7-12/h11,13H,5-10H2,1-4H3. The topological polar surface area (TPSA) is 15.3 Å². The zero-order valence-corrected chi connectivity index (χ0v) is 10.3. The molecule has 1 atom stereocenters. The van der Waals surface area contributed by atoms with Crippen molar-refractivity contribution in [3.63, 3.8) is 0 Å². The highest BCUT2D eigenvalue weighted by atomic mass is 15.1. The SMILES string of the molecule is CNCC1(C(C)C)CCCN(C)CC1. The van der Waals surface area contributed by atoms with Gasteiger partial charge in [0.05, 0.1) is 0 Å². The van der Waals surface area contributed by atoms with Crippen molar-refractivity contribution in [2.75, 3.05) is 33.7 Å². The molecule has 14 heavy (non-hydrogen) atoms. The maximum atomic E-state index is 3.38. The average Bonchev–Trinajstić information content (AvgIpc) is 2.30. The summed E-state index contributed by atoms with van der Waals surface area (Å²) in [5.74, 6) is 0.793. The first-order chi connectivity index (χ1) is 6.60. The van der Waals surface area contributed by atoms with Gasteiger partial charge in [0, 0.05) is 6.54 Å². The lowest BCUT2D eigenvalue weighted by Gasteiger charge is -2.37. The van der Waals surface area contributed by atoms with Crippen molar-refractivity contribution in [1.29, 1.82) is 0 Å². The largest absolute Gasteiger partial charge is 0.319 e. The number of likely N-dealkylation sites (tertiary alicyclic amines) is 1. The Labute approximate surface area is 89.1 Å². The fraction of sp³-hybridized carbons (Fsp3) is 1.00. The first kappa shape index (κ1) is 12.0. The first-order valence-corrected chi connectivity index (χ1v) is 5.94. The van der Waals surface area contributed by atoms with Crippen LogP contribution in [0.5, 0.6) is 0 Å². The molecule has 1 aliphatic rings. The quantitative estimate of drug-likeness (QED) is 0.746. The minimum absolute atomic E-state index is 0.541. The average molecular weight is 198 g/mol. The molecule has 0 aliphatic carbocycles. The number of nitrogens with one attached hydrogen (secondary N) is 1. The lowest BCUT2D eigenvalue weighted by Crippen LogP contribution is -2.38. The Morgan fingerprint density at radius 1 is 1.29 bits per heavy atom. The van der Waals surface area contributed by atoms with Crippen LogP contribution in [0.15, 0.2) is 0 Å². The number of hydrogen-bond acceptors (Lipinski definition) is 2. The molecular weight excluding hydrogens is 172 g/mol. The smallest absolute Gasteiger partial charge is 0.000774 e. The highest BCUT2D eigenvalue weighted by Crippen LogP contribution is 2.37. The van der Waals surface area contributed by atoms with Crippen LogP contribution in [0.4, 0.5) is 0 Å². The molecular formula is C12H26N2. The molecule has 0 aromatic heterocycles. The zero-order chi connectivity index (χ0) is 10.6. The minimum Gasteiger partial charge on any atom is -0.319 e. The van der Waals surface area contributed by atoms with Crippen LogP contribution >= 0.6 is 0 Å². The van der Waals surface area contributed by atoms with Gasteiger partial charge in [-0.05, 0) is 57.8 Å². The molecule has 0 amide bonds. The van der Waals surface area contributed by atoms with Gasteiger partial charge in [-0.1, -0.05) is 13.8 Å². The lowest BCUT2D eigenvalue weighted by atomic mass is 9.71. The molecule has 1 rings (SSSR count). The predicted molar refractivity (Wildman–Crippen MR) is 62.5 cm³/mol. The van der Waals surface area contributed by atoms with E-state index in [4.69, 9.17) is 0 Å². The summed E-state index contributed by atoms with van der Waals surface area (Å²) in [7, 11) is 4.33. The van der Waals surface area contributed by atoms with Crippen LogP contribution < -0.4 is 5.32 Å². The van der Waals surface area contributed by atoms with Gasteiger partial charge < -0.3 is 10.2 Å². The summed E-state index contributed by atoms with van der Waals surface area (Å²) in [5, 5.41) is 3.38. The fourth-order valence-electron chi connectivity index (χ4n) is 2.66. The maximum absolute atomic E-state index is 3.38. The fourth-order valence-corrected chi connectivity index (χ4v) is 2.66. The molecule has 0 saturated carbocycles. The van der Waals surface area contributed by atoms with Crippen LogP contribution in [0.3, 0.4) is 0 Å². The molecule has 84 valence electrons. The third-order valence-electron chi connectivity index (χ3n) is 3.96. The summed E-state index contributed by atoms with van der Waals surface area (Å²) in [6, 6.07) is 0. The third kappa shape index (κ3) is 2.71. The maximum Gasteiger partial charge on any atom is 0.000774 e. The summed E-state index contributed by atoms with van der Waals surface area (Å²) in [6.07, 6.45) is 4.09. The second kappa shape index (κ2) is 5.13. The molecule has 0 radical (unpaired) electrons. The molecule has 1 aliphatic heterocycles. The molecule has 0 aromatic carbocycles. The van der Waals surface area contributed by atoms with Gasteiger partial charge in [0.1, 0.15) is 0 Å². The van der Waals surface area contributed by atoms with Gasteiger partial charge in [-0.25, -0.2) is 0 Å². The van der Waals surface area contributed by atoms with E-state index in [1.807, 2.05) is 0 Å². The van der Waals surface area contributed by atoms with E-state index in [1.165, 1.54) is 38.9 Å². The van der Waals surface area contributed by atoms with Gasteiger partial charge in [-0.3, -0.25) is 0 Å². The van der Waals surface area contributed by atoms with E-state index in [0.29, 0.717) is 5.41 Å². The van der Waals surface area contributed by atoms with Crippen molar-refractivity contribution in [2.45, 2.75) is 33.1 Å². The second-order valence-electron chi connectivity index (χ2n) is 5.20. The molecule has 1 fully saturated rings. The van der Waals surface area contributed by atoms with Crippen molar-refractivity contribution < 1.29 is 0 Å². The molecule has 2 nitrogen and oxygen atoms in total. The summed E-state index contributed by atoms with van der Waals surface area (Å²) in [4.78, 5) is 2.47. The van der Waals surface area contributed by atoms with Crippen LogP contribution in [0.2, 0.25) is 0 Å². The van der Waals surface area contributed by atoms with Gasteiger partial charge in [0.2, 0.25) is 0 Å². The molecule has 1 unspecified atom stereocenters. The summed E-state index contributed by atoms with van der Waals surface area (Å²) < 4.78 is 0. The van der Waals surface area contributed by atoms with Crippen LogP contribution in [-0.4, -0.2) is 38.6 Å². The Bertz CT molecular complexity index is 168. The highest BCUT2D eigenvalue weighted by molar-refractivity contribution is 4.87. The van der Waals surface area contributed by atoms with E-state index in [-0.39, 0.29) is 0 Å². The monoisotopic (exact) mass is 198 g/mol. The normalized spacial score (nSPS) is 30.6. The Morgan fingerprint density at radius 3 is 2.57 bits per heavy atom. The Morgan fingerprint density at radius 2 is 2.00 bits per heavy atom. The Kier molecular flexibility index (Phi) is 4.39. The van der Waals surface area contributed by atoms with Crippen molar-refractivity contribution in [3.05, 3.63) is 0 Å². The Hall–Kier alpha value is -0.0800. The molecule has 1 heterocycles. The van der Waals surface area contributed by atoms with Gasteiger partial charge in [0.25, 0.3) is 0 Å². The highest BCUT2D eigenvalue weighted by Gasteiger charge is 2.34. The first-order valence-electron chi connectivity index (χ1n) is 5.94. The van der Waals surface area contributed by atoms with Crippen LogP contribution in [0.1, 0.15) is 33.1 Å². The molecule has 0 bridgehead atoms. The van der Waals surface area contributed by atoms with Crippen molar-refractivity contribution in [1.82, 2.24) is 10.2 Å². The molecule has 0 spiro atoms. The van der Waals surface area contributed by atoms with Gasteiger partial charge >= 0.3 is 0 Å². The van der Waals surface area contributed by atoms with Gasteiger partial charge in [-0.15, -0.1) is 0 Å². The van der Waals surface area contributed by atoms with E-state index >= 15 is 0 Å². The zero-order valence-electron chi connectivity index (χ0n) is 10.3. The van der Waals surface area contributed by atoms with Gasteiger partial charge in [0.15, 0.2) is 0 Å². The Balaban J connectivity index is 2.65. The number of hydrogen-bond donors (Lipinski definition) is 1. The third-order valence-corrected chi connectivity index (χ3v) is 3.96. The van der Waals surface area contributed by atoms with E-state index in [9.17, 15) is 0 Å². The predicted octanol–water partition coefficient (Wildman–Crippen LogP) is 1.96. The van der Waals surface area contributed by atoms with E-state index < -0.39 is 0 Å². The van der Waals surface area contributed by atoms with Crippen molar-refractivity contribution in [2.24, 2.45) is 11.3 Å². The van der Waals surface area contributed by atoms with E-state index in [0.717, 1.165) is 5.92 Å². The molecule has 2 heteroatoms. The minimum atomic E-state index is 0.541. The summed E-state index contributed by atoms with van der Waals surface area (Å²) in [6.45, 7) is 8.47. The van der Waals surface area contributed by atoms with Crippen LogP contribution in [-0.2, 0) is 0 Å². The van der Waals surface area contributed by atoms with E-state index in [1.54, 1.807) is 0 Å². The number of rotatable bonds is 3. The second-order valence-corrected chi connectivity index (χ2v) is 5.20.